The average molecular weight is 239 g/mol. The van der Waals surface area contributed by atoms with Crippen LogP contribution in [-0.2, 0) is 0 Å². The van der Waals surface area contributed by atoms with Crippen LogP contribution in [0.1, 0.15) is 0 Å². The Bertz CT molecular complexity index is 683. The van der Waals surface area contributed by atoms with Crippen molar-refractivity contribution in [3.63, 3.8) is 0 Å². The van der Waals surface area contributed by atoms with E-state index >= 15 is 0 Å². The summed E-state index contributed by atoms with van der Waals surface area (Å²) in [5.41, 5.74) is 0.991. The maximum absolute atomic E-state index is 5.19. The third-order valence-corrected chi connectivity index (χ3v) is 2.83. The van der Waals surface area contributed by atoms with Gasteiger partial charge in [0.25, 0.3) is 0 Å². The zero-order valence-corrected chi connectivity index (χ0v) is 10.3. The number of aromatic nitrogens is 2. The number of hydrogen-bond acceptors (Lipinski definition) is 4. The Labute approximate surface area is 105 Å². The van der Waals surface area contributed by atoms with Crippen LogP contribution in [0.5, 0.6) is 0 Å². The van der Waals surface area contributed by atoms with Gasteiger partial charge in [-0.15, -0.1) is 0 Å². The van der Waals surface area contributed by atoms with Gasteiger partial charge in [0.1, 0.15) is 0 Å². The molecule has 0 bridgehead atoms. The molecule has 18 heavy (non-hydrogen) atoms. The molecule has 0 aliphatic rings. The normalized spacial score (nSPS) is 10.8. The van der Waals surface area contributed by atoms with Crippen molar-refractivity contribution in [2.24, 2.45) is 0 Å². The lowest BCUT2D eigenvalue weighted by atomic mass is 10.0. The summed E-state index contributed by atoms with van der Waals surface area (Å²) in [6.45, 7) is 0. The van der Waals surface area contributed by atoms with Gasteiger partial charge >= 0.3 is 6.01 Å². The molecule has 4 nitrogen and oxygen atoms in total. The van der Waals surface area contributed by atoms with Crippen molar-refractivity contribution in [2.45, 2.75) is 0 Å². The van der Waals surface area contributed by atoms with Crippen molar-refractivity contribution in [3.8, 4) is 11.4 Å². The number of anilines is 1. The first-order valence-electron chi connectivity index (χ1n) is 5.75. The molecule has 0 atom stereocenters. The molecule has 0 fully saturated rings. The minimum Gasteiger partial charge on any atom is -0.331 e. The van der Waals surface area contributed by atoms with E-state index < -0.39 is 0 Å². The highest BCUT2D eigenvalue weighted by Crippen LogP contribution is 2.27. The highest BCUT2D eigenvalue weighted by Gasteiger charge is 2.11. The molecule has 1 heterocycles. The lowest BCUT2D eigenvalue weighted by Crippen LogP contribution is -2.08. The standard InChI is InChI=1S/C14H13N3O/c1-17(2)14-15-13(16-18-14)12-9-5-7-10-6-3-4-8-11(10)12/h3-9H,1-2H3. The Morgan fingerprint density at radius 3 is 2.56 bits per heavy atom. The monoisotopic (exact) mass is 239 g/mol. The van der Waals surface area contributed by atoms with E-state index in [-0.39, 0.29) is 0 Å². The Hall–Kier alpha value is -2.36. The van der Waals surface area contributed by atoms with E-state index in [9.17, 15) is 0 Å². The second-order valence-corrected chi connectivity index (χ2v) is 4.32. The Morgan fingerprint density at radius 2 is 1.78 bits per heavy atom. The van der Waals surface area contributed by atoms with Crippen LogP contribution in [0.25, 0.3) is 22.2 Å². The lowest BCUT2D eigenvalue weighted by molar-refractivity contribution is 0.423. The Kier molecular flexibility index (Phi) is 2.48. The fourth-order valence-corrected chi connectivity index (χ4v) is 1.93. The number of rotatable bonds is 2. The van der Waals surface area contributed by atoms with Crippen LogP contribution in [0.2, 0.25) is 0 Å². The van der Waals surface area contributed by atoms with Crippen molar-refractivity contribution in [3.05, 3.63) is 42.5 Å². The highest BCUT2D eigenvalue weighted by atomic mass is 16.5. The second-order valence-electron chi connectivity index (χ2n) is 4.32. The van der Waals surface area contributed by atoms with Crippen LogP contribution >= 0.6 is 0 Å². The minimum atomic E-state index is 0.512. The van der Waals surface area contributed by atoms with Crippen LogP contribution in [0.4, 0.5) is 6.01 Å². The average Bonchev–Trinajstić information content (AvgIpc) is 2.87. The molecule has 0 amide bonds. The second kappa shape index (κ2) is 4.14. The van der Waals surface area contributed by atoms with Crippen molar-refractivity contribution >= 4 is 16.8 Å². The molecule has 0 aliphatic carbocycles. The van der Waals surface area contributed by atoms with Crippen LogP contribution in [0.3, 0.4) is 0 Å². The van der Waals surface area contributed by atoms with Gasteiger partial charge in [0.05, 0.1) is 0 Å². The Balaban J connectivity index is 2.18. The van der Waals surface area contributed by atoms with Crippen molar-refractivity contribution in [1.29, 1.82) is 0 Å². The van der Waals surface area contributed by atoms with E-state index in [4.69, 9.17) is 4.52 Å². The van der Waals surface area contributed by atoms with E-state index in [1.165, 1.54) is 5.39 Å². The van der Waals surface area contributed by atoms with Gasteiger partial charge in [-0.1, -0.05) is 47.6 Å². The molecule has 1 aromatic heterocycles. The quantitative estimate of drug-likeness (QED) is 0.689. The van der Waals surface area contributed by atoms with Gasteiger partial charge in [-0.25, -0.2) is 0 Å². The van der Waals surface area contributed by atoms with Gasteiger partial charge in [0.2, 0.25) is 5.82 Å². The summed E-state index contributed by atoms with van der Waals surface area (Å²) >= 11 is 0. The van der Waals surface area contributed by atoms with Crippen LogP contribution in [-0.4, -0.2) is 24.2 Å². The minimum absolute atomic E-state index is 0.512. The van der Waals surface area contributed by atoms with Gasteiger partial charge in [0, 0.05) is 19.7 Å². The molecule has 0 N–H and O–H groups in total. The number of benzene rings is 2. The molecule has 0 saturated carbocycles. The molecule has 4 heteroatoms. The van der Waals surface area contributed by atoms with Crippen molar-refractivity contribution < 1.29 is 4.52 Å². The molecule has 2 aromatic carbocycles. The van der Waals surface area contributed by atoms with Crippen LogP contribution in [0, 0.1) is 0 Å². The van der Waals surface area contributed by atoms with E-state index in [0.717, 1.165) is 10.9 Å². The van der Waals surface area contributed by atoms with Gasteiger partial charge in [-0.05, 0) is 10.8 Å². The fraction of sp³-hybridized carbons (Fsp3) is 0.143. The number of hydrogen-bond donors (Lipinski definition) is 0. The largest absolute Gasteiger partial charge is 0.331 e. The summed E-state index contributed by atoms with van der Waals surface area (Å²) in [6.07, 6.45) is 0. The smallest absolute Gasteiger partial charge is 0.323 e. The first-order chi connectivity index (χ1) is 8.75. The first-order valence-corrected chi connectivity index (χ1v) is 5.75. The molecule has 90 valence electrons. The maximum atomic E-state index is 5.19. The third kappa shape index (κ3) is 1.72. The molecule has 3 rings (SSSR count). The van der Waals surface area contributed by atoms with E-state index in [2.05, 4.69) is 28.3 Å². The summed E-state index contributed by atoms with van der Waals surface area (Å²) in [7, 11) is 3.75. The summed E-state index contributed by atoms with van der Waals surface area (Å²) < 4.78 is 5.19. The molecular formula is C14H13N3O. The number of nitrogens with zero attached hydrogens (tertiary/aromatic N) is 3. The SMILES string of the molecule is CN(C)c1nc(-c2cccc3ccccc23)no1. The molecule has 0 saturated heterocycles. The summed E-state index contributed by atoms with van der Waals surface area (Å²) in [5.74, 6) is 0.621. The van der Waals surface area contributed by atoms with Gasteiger partial charge in [-0.3, -0.25) is 0 Å². The van der Waals surface area contributed by atoms with E-state index in [1.807, 2.05) is 38.4 Å². The molecule has 0 radical (unpaired) electrons. The van der Waals surface area contributed by atoms with Gasteiger partial charge in [0.15, 0.2) is 0 Å². The van der Waals surface area contributed by atoms with Crippen molar-refractivity contribution in [1.82, 2.24) is 10.1 Å². The third-order valence-electron chi connectivity index (χ3n) is 2.83. The molecule has 3 aromatic rings. The zero-order valence-electron chi connectivity index (χ0n) is 10.3. The van der Waals surface area contributed by atoms with Crippen LogP contribution < -0.4 is 4.90 Å². The van der Waals surface area contributed by atoms with Gasteiger partial charge < -0.3 is 9.42 Å². The summed E-state index contributed by atoms with van der Waals surface area (Å²) in [5, 5.41) is 6.33. The lowest BCUT2D eigenvalue weighted by Gasteiger charge is -2.03. The molecule has 0 unspecified atom stereocenters. The Morgan fingerprint density at radius 1 is 1.00 bits per heavy atom. The molecular weight excluding hydrogens is 226 g/mol. The predicted molar refractivity (Wildman–Crippen MR) is 71.6 cm³/mol. The summed E-state index contributed by atoms with van der Waals surface area (Å²) in [6, 6.07) is 14.8. The van der Waals surface area contributed by atoms with Crippen LogP contribution in [0.15, 0.2) is 47.0 Å². The maximum Gasteiger partial charge on any atom is 0.323 e. The van der Waals surface area contributed by atoms with E-state index in [1.54, 1.807) is 4.90 Å². The topological polar surface area (TPSA) is 42.2 Å². The molecule has 0 spiro atoms. The zero-order chi connectivity index (χ0) is 12.5. The van der Waals surface area contributed by atoms with E-state index in [0.29, 0.717) is 11.8 Å². The van der Waals surface area contributed by atoms with Gasteiger partial charge in [-0.2, -0.15) is 4.98 Å². The number of fused-ring (bicyclic) bond motifs is 1. The first kappa shape index (κ1) is 10.8. The highest BCUT2D eigenvalue weighted by molar-refractivity contribution is 5.94. The fourth-order valence-electron chi connectivity index (χ4n) is 1.93. The molecule has 0 aliphatic heterocycles. The summed E-state index contributed by atoms with van der Waals surface area (Å²) in [4.78, 5) is 6.17. The van der Waals surface area contributed by atoms with Crippen molar-refractivity contribution in [2.75, 3.05) is 19.0 Å². The predicted octanol–water partition coefficient (Wildman–Crippen LogP) is 2.96.